The molecule has 1 aliphatic heterocycles. The van der Waals surface area contributed by atoms with Gasteiger partial charge >= 0.3 is 6.18 Å². The minimum Gasteiger partial charge on any atom is -0.379 e. The van der Waals surface area contributed by atoms with Crippen molar-refractivity contribution in [3.8, 4) is 0 Å². The van der Waals surface area contributed by atoms with Crippen LogP contribution in [0.5, 0.6) is 0 Å². The minimum atomic E-state index is -4.67. The largest absolute Gasteiger partial charge is 0.418 e. The second kappa shape index (κ2) is 3.42. The smallest absolute Gasteiger partial charge is 0.379 e. The molecule has 1 rings (SSSR count). The first kappa shape index (κ1) is 11.3. The van der Waals surface area contributed by atoms with Gasteiger partial charge < -0.3 is 10.0 Å². The molecule has 1 aliphatic rings. The molecule has 1 saturated heterocycles. The van der Waals surface area contributed by atoms with Crippen molar-refractivity contribution in [1.82, 2.24) is 4.90 Å². The molecule has 14 heavy (non-hydrogen) atoms. The number of hydrogen-bond donors (Lipinski definition) is 1. The number of rotatable bonds is 0. The van der Waals surface area contributed by atoms with E-state index in [0.717, 1.165) is 4.90 Å². The van der Waals surface area contributed by atoms with Gasteiger partial charge in [-0.3, -0.25) is 4.79 Å². The van der Waals surface area contributed by atoms with Crippen LogP contribution in [0.3, 0.4) is 0 Å². The van der Waals surface area contributed by atoms with Gasteiger partial charge in [0.15, 0.2) is 5.60 Å². The molecular weight excluding hydrogens is 199 g/mol. The molecular formula is C8H12F3NO2. The summed E-state index contributed by atoms with van der Waals surface area (Å²) < 4.78 is 37.1. The molecule has 0 aliphatic carbocycles. The third kappa shape index (κ3) is 2.00. The van der Waals surface area contributed by atoms with Gasteiger partial charge in [0, 0.05) is 13.5 Å². The summed E-state index contributed by atoms with van der Waals surface area (Å²) in [4.78, 5) is 11.9. The zero-order chi connectivity index (χ0) is 11.0. The number of amides is 1. The summed E-state index contributed by atoms with van der Waals surface area (Å²) in [5.41, 5.74) is -2.73. The van der Waals surface area contributed by atoms with E-state index in [-0.39, 0.29) is 19.4 Å². The fourth-order valence-corrected chi connectivity index (χ4v) is 1.54. The third-order valence-corrected chi connectivity index (χ3v) is 2.44. The van der Waals surface area contributed by atoms with Crippen molar-refractivity contribution in [3.05, 3.63) is 0 Å². The molecule has 82 valence electrons. The number of halogens is 3. The van der Waals surface area contributed by atoms with E-state index in [2.05, 4.69) is 0 Å². The molecule has 1 amide bonds. The molecule has 1 fully saturated rings. The first-order valence-electron chi connectivity index (χ1n) is 4.31. The number of hydrogen-bond acceptors (Lipinski definition) is 2. The predicted molar refractivity (Wildman–Crippen MR) is 42.5 cm³/mol. The Labute approximate surface area is 79.5 Å². The van der Waals surface area contributed by atoms with E-state index in [0.29, 0.717) is 0 Å². The van der Waals surface area contributed by atoms with Gasteiger partial charge in [0.05, 0.1) is 6.54 Å². The lowest BCUT2D eigenvalue weighted by atomic mass is 9.92. The molecule has 6 heteroatoms. The lowest BCUT2D eigenvalue weighted by Gasteiger charge is -2.39. The van der Waals surface area contributed by atoms with Gasteiger partial charge in [-0.15, -0.1) is 0 Å². The normalized spacial score (nSPS) is 29.1. The van der Waals surface area contributed by atoms with Crippen molar-refractivity contribution in [2.24, 2.45) is 0 Å². The van der Waals surface area contributed by atoms with E-state index in [1.807, 2.05) is 0 Å². The molecule has 1 N–H and O–H groups in total. The van der Waals surface area contributed by atoms with Crippen molar-refractivity contribution in [3.63, 3.8) is 0 Å². The van der Waals surface area contributed by atoms with Crippen molar-refractivity contribution in [2.45, 2.75) is 31.5 Å². The summed E-state index contributed by atoms with van der Waals surface area (Å²) in [6.45, 7) is 0.835. The summed E-state index contributed by atoms with van der Waals surface area (Å²) in [7, 11) is 0. The maximum Gasteiger partial charge on any atom is 0.418 e. The molecule has 0 aromatic rings. The second-order valence-electron chi connectivity index (χ2n) is 3.57. The van der Waals surface area contributed by atoms with Crippen LogP contribution in [-0.4, -0.2) is 40.8 Å². The number of piperidine rings is 1. The number of aliphatic hydroxyl groups is 1. The van der Waals surface area contributed by atoms with Crippen molar-refractivity contribution < 1.29 is 23.1 Å². The Bertz CT molecular complexity index is 241. The number of likely N-dealkylation sites (tertiary alicyclic amines) is 1. The lowest BCUT2D eigenvalue weighted by Crippen LogP contribution is -2.57. The van der Waals surface area contributed by atoms with Gasteiger partial charge in [0.1, 0.15) is 0 Å². The topological polar surface area (TPSA) is 40.5 Å². The van der Waals surface area contributed by atoms with Crippen molar-refractivity contribution in [1.29, 1.82) is 0 Å². The van der Waals surface area contributed by atoms with Gasteiger partial charge in [0.25, 0.3) is 0 Å². The Balaban J connectivity index is 2.77. The molecule has 0 spiro atoms. The third-order valence-electron chi connectivity index (χ3n) is 2.44. The summed E-state index contributed by atoms with van der Waals surface area (Å²) in [5, 5.41) is 9.31. The van der Waals surface area contributed by atoms with Crippen molar-refractivity contribution >= 4 is 5.91 Å². The van der Waals surface area contributed by atoms with E-state index in [1.54, 1.807) is 0 Å². The summed E-state index contributed by atoms with van der Waals surface area (Å²) in [6, 6.07) is 0. The van der Waals surface area contributed by atoms with Gasteiger partial charge in [-0.2, -0.15) is 13.2 Å². The number of nitrogens with zero attached hydrogens (tertiary/aromatic N) is 1. The number of β-amino-alcohol motifs (C(OH)–C–C–N with tert-alkyl or cyclic N) is 1. The van der Waals surface area contributed by atoms with Crippen LogP contribution in [0.1, 0.15) is 19.8 Å². The molecule has 0 saturated carbocycles. The summed E-state index contributed by atoms with van der Waals surface area (Å²) in [5.74, 6) is -0.438. The molecule has 3 nitrogen and oxygen atoms in total. The lowest BCUT2D eigenvalue weighted by molar-refractivity contribution is -0.272. The Morgan fingerprint density at radius 3 is 2.50 bits per heavy atom. The number of alkyl halides is 3. The fourth-order valence-electron chi connectivity index (χ4n) is 1.54. The molecule has 0 aromatic carbocycles. The molecule has 0 bridgehead atoms. The van der Waals surface area contributed by atoms with E-state index < -0.39 is 24.2 Å². The first-order valence-corrected chi connectivity index (χ1v) is 4.31. The minimum absolute atomic E-state index is 0.176. The maximum absolute atomic E-state index is 12.4. The van der Waals surface area contributed by atoms with E-state index in [9.17, 15) is 23.1 Å². The van der Waals surface area contributed by atoms with Crippen LogP contribution in [0, 0.1) is 0 Å². The van der Waals surface area contributed by atoms with Gasteiger partial charge in [-0.1, -0.05) is 0 Å². The molecule has 0 radical (unpaired) electrons. The standard InChI is InChI=1S/C8H12F3NO2/c1-6(13)12-4-2-3-7(14,5-12)8(9,10)11/h14H,2-5H2,1H3. The zero-order valence-electron chi connectivity index (χ0n) is 7.76. The van der Waals surface area contributed by atoms with Gasteiger partial charge in [-0.05, 0) is 12.8 Å². The SMILES string of the molecule is CC(=O)N1CCCC(O)(C(F)(F)F)C1. The van der Waals surface area contributed by atoms with Gasteiger partial charge in [0.2, 0.25) is 5.91 Å². The Kier molecular flexibility index (Phi) is 2.76. The molecule has 1 unspecified atom stereocenters. The van der Waals surface area contributed by atoms with Crippen LogP contribution < -0.4 is 0 Å². The fraction of sp³-hybridized carbons (Fsp3) is 0.875. The van der Waals surface area contributed by atoms with Crippen LogP contribution >= 0.6 is 0 Å². The molecule has 1 atom stereocenters. The van der Waals surface area contributed by atoms with Crippen LogP contribution in [0.4, 0.5) is 13.2 Å². The monoisotopic (exact) mass is 211 g/mol. The van der Waals surface area contributed by atoms with E-state index in [1.165, 1.54) is 6.92 Å². The van der Waals surface area contributed by atoms with E-state index in [4.69, 9.17) is 0 Å². The highest BCUT2D eigenvalue weighted by molar-refractivity contribution is 5.73. The Hall–Kier alpha value is -0.780. The Morgan fingerprint density at radius 1 is 1.50 bits per heavy atom. The Morgan fingerprint density at radius 2 is 2.07 bits per heavy atom. The average Bonchev–Trinajstić information content (AvgIpc) is 2.02. The maximum atomic E-state index is 12.4. The van der Waals surface area contributed by atoms with Crippen LogP contribution in [0.25, 0.3) is 0 Å². The number of carbonyl (C=O) groups excluding carboxylic acids is 1. The number of carbonyl (C=O) groups is 1. The highest BCUT2D eigenvalue weighted by Crippen LogP contribution is 2.37. The quantitative estimate of drug-likeness (QED) is 0.647. The van der Waals surface area contributed by atoms with Crippen LogP contribution in [0.15, 0.2) is 0 Å². The van der Waals surface area contributed by atoms with Crippen LogP contribution in [-0.2, 0) is 4.79 Å². The molecule has 1 heterocycles. The second-order valence-corrected chi connectivity index (χ2v) is 3.57. The first-order chi connectivity index (χ1) is 6.26. The highest BCUT2D eigenvalue weighted by atomic mass is 19.4. The zero-order valence-corrected chi connectivity index (χ0v) is 7.76. The van der Waals surface area contributed by atoms with E-state index >= 15 is 0 Å². The van der Waals surface area contributed by atoms with Crippen LogP contribution in [0.2, 0.25) is 0 Å². The summed E-state index contributed by atoms with van der Waals surface area (Å²) >= 11 is 0. The predicted octanol–water partition coefficient (Wildman–Crippen LogP) is 0.922. The van der Waals surface area contributed by atoms with Crippen molar-refractivity contribution in [2.75, 3.05) is 13.1 Å². The van der Waals surface area contributed by atoms with Gasteiger partial charge in [-0.25, -0.2) is 0 Å². The summed E-state index contributed by atoms with van der Waals surface area (Å²) in [6.07, 6.45) is -4.82. The average molecular weight is 211 g/mol. The molecule has 0 aromatic heterocycles. The highest BCUT2D eigenvalue weighted by Gasteiger charge is 2.55.